The number of carboxylic acids is 1. The van der Waals surface area contributed by atoms with Crippen molar-refractivity contribution in [3.8, 4) is 11.1 Å². The Morgan fingerprint density at radius 1 is 1.00 bits per heavy atom. The minimum absolute atomic E-state index is 0.144. The van der Waals surface area contributed by atoms with Gasteiger partial charge in [-0.3, -0.25) is 0 Å². The molecule has 0 saturated carbocycles. The summed E-state index contributed by atoms with van der Waals surface area (Å²) < 4.78 is 0. The van der Waals surface area contributed by atoms with E-state index in [0.717, 1.165) is 5.56 Å². The quantitative estimate of drug-likeness (QED) is 0.877. The van der Waals surface area contributed by atoms with Crippen molar-refractivity contribution in [3.63, 3.8) is 0 Å². The van der Waals surface area contributed by atoms with Gasteiger partial charge in [0.25, 0.3) is 0 Å². The fraction of sp³-hybridized carbons (Fsp3) is 0. The molecule has 2 aromatic rings. The highest BCUT2D eigenvalue weighted by Crippen LogP contribution is 2.36. The SMILES string of the molecule is O=C(O)c1ccc(Cl)c(Cl)c1-c1ccccc1. The summed E-state index contributed by atoms with van der Waals surface area (Å²) in [4.78, 5) is 11.2. The van der Waals surface area contributed by atoms with Gasteiger partial charge in [-0.2, -0.15) is 0 Å². The maximum absolute atomic E-state index is 11.2. The van der Waals surface area contributed by atoms with Gasteiger partial charge < -0.3 is 5.11 Å². The van der Waals surface area contributed by atoms with E-state index in [1.54, 1.807) is 12.1 Å². The van der Waals surface area contributed by atoms with Gasteiger partial charge in [-0.1, -0.05) is 53.5 Å². The number of hydrogen-bond acceptors (Lipinski definition) is 1. The van der Waals surface area contributed by atoms with Crippen molar-refractivity contribution in [2.45, 2.75) is 0 Å². The van der Waals surface area contributed by atoms with Crippen molar-refractivity contribution in [2.24, 2.45) is 0 Å². The first kappa shape index (κ1) is 12.0. The zero-order valence-electron chi connectivity index (χ0n) is 8.65. The molecular formula is C13H8Cl2O2. The van der Waals surface area contributed by atoms with E-state index in [1.807, 2.05) is 18.2 Å². The zero-order chi connectivity index (χ0) is 12.4. The van der Waals surface area contributed by atoms with Crippen molar-refractivity contribution in [1.29, 1.82) is 0 Å². The Labute approximate surface area is 108 Å². The summed E-state index contributed by atoms with van der Waals surface area (Å²) in [6.45, 7) is 0. The molecule has 17 heavy (non-hydrogen) atoms. The lowest BCUT2D eigenvalue weighted by Gasteiger charge is -2.09. The molecule has 2 rings (SSSR count). The Morgan fingerprint density at radius 3 is 2.24 bits per heavy atom. The van der Waals surface area contributed by atoms with Crippen LogP contribution in [0.4, 0.5) is 0 Å². The Balaban J connectivity index is 2.74. The van der Waals surface area contributed by atoms with Crippen molar-refractivity contribution in [3.05, 3.63) is 58.1 Å². The van der Waals surface area contributed by atoms with Crippen LogP contribution >= 0.6 is 23.2 Å². The minimum atomic E-state index is -1.03. The van der Waals surface area contributed by atoms with Crippen LogP contribution in [-0.2, 0) is 0 Å². The van der Waals surface area contributed by atoms with Gasteiger partial charge in [0.2, 0.25) is 0 Å². The number of benzene rings is 2. The average molecular weight is 267 g/mol. The second-order valence-corrected chi connectivity index (χ2v) is 4.24. The molecule has 0 fully saturated rings. The first-order chi connectivity index (χ1) is 8.11. The van der Waals surface area contributed by atoms with Crippen LogP contribution in [0.15, 0.2) is 42.5 Å². The van der Waals surface area contributed by atoms with Crippen LogP contribution in [-0.4, -0.2) is 11.1 Å². The van der Waals surface area contributed by atoms with Gasteiger partial charge in [0.05, 0.1) is 15.6 Å². The number of aromatic carboxylic acids is 1. The smallest absolute Gasteiger partial charge is 0.336 e. The summed E-state index contributed by atoms with van der Waals surface area (Å²) >= 11 is 12.0. The monoisotopic (exact) mass is 266 g/mol. The normalized spacial score (nSPS) is 10.2. The molecule has 86 valence electrons. The maximum atomic E-state index is 11.2. The molecule has 0 radical (unpaired) electrons. The Bertz CT molecular complexity index is 565. The van der Waals surface area contributed by atoms with Crippen molar-refractivity contribution >= 4 is 29.2 Å². The van der Waals surface area contributed by atoms with E-state index in [1.165, 1.54) is 12.1 Å². The predicted octanol–water partition coefficient (Wildman–Crippen LogP) is 4.36. The third-order valence-electron chi connectivity index (χ3n) is 2.39. The van der Waals surface area contributed by atoms with Gasteiger partial charge in [0.1, 0.15) is 0 Å². The molecule has 0 saturated heterocycles. The molecule has 0 amide bonds. The Kier molecular flexibility index (Phi) is 3.36. The molecule has 0 spiro atoms. The lowest BCUT2D eigenvalue weighted by atomic mass is 10.00. The Morgan fingerprint density at radius 2 is 1.65 bits per heavy atom. The van der Waals surface area contributed by atoms with Crippen molar-refractivity contribution < 1.29 is 9.90 Å². The van der Waals surface area contributed by atoms with Crippen LogP contribution in [0.25, 0.3) is 11.1 Å². The maximum Gasteiger partial charge on any atom is 0.336 e. The van der Waals surface area contributed by atoms with E-state index in [0.29, 0.717) is 10.6 Å². The molecule has 0 aromatic heterocycles. The van der Waals surface area contributed by atoms with E-state index >= 15 is 0 Å². The third-order valence-corrected chi connectivity index (χ3v) is 3.19. The highest BCUT2D eigenvalue weighted by atomic mass is 35.5. The molecule has 2 nitrogen and oxygen atoms in total. The van der Waals surface area contributed by atoms with Crippen LogP contribution in [0.5, 0.6) is 0 Å². The lowest BCUT2D eigenvalue weighted by molar-refractivity contribution is 0.0698. The topological polar surface area (TPSA) is 37.3 Å². The molecule has 0 unspecified atom stereocenters. The van der Waals surface area contributed by atoms with Gasteiger partial charge >= 0.3 is 5.97 Å². The predicted molar refractivity (Wildman–Crippen MR) is 68.9 cm³/mol. The van der Waals surface area contributed by atoms with Gasteiger partial charge in [0, 0.05) is 5.56 Å². The van der Waals surface area contributed by atoms with E-state index in [4.69, 9.17) is 28.3 Å². The highest BCUT2D eigenvalue weighted by molar-refractivity contribution is 6.44. The number of hydrogen-bond donors (Lipinski definition) is 1. The van der Waals surface area contributed by atoms with E-state index in [2.05, 4.69) is 0 Å². The van der Waals surface area contributed by atoms with Gasteiger partial charge in [-0.05, 0) is 17.7 Å². The van der Waals surface area contributed by atoms with E-state index < -0.39 is 5.97 Å². The first-order valence-electron chi connectivity index (χ1n) is 4.88. The molecule has 0 bridgehead atoms. The summed E-state index contributed by atoms with van der Waals surface area (Å²) in [5, 5.41) is 9.75. The lowest BCUT2D eigenvalue weighted by Crippen LogP contribution is -2.00. The molecule has 0 aliphatic rings. The van der Waals surface area contributed by atoms with Crippen LogP contribution in [0, 0.1) is 0 Å². The minimum Gasteiger partial charge on any atom is -0.478 e. The van der Waals surface area contributed by atoms with Crippen LogP contribution in [0.2, 0.25) is 10.0 Å². The highest BCUT2D eigenvalue weighted by Gasteiger charge is 2.16. The number of rotatable bonds is 2. The number of halogens is 2. The summed E-state index contributed by atoms with van der Waals surface area (Å²) in [7, 11) is 0. The van der Waals surface area contributed by atoms with Crippen molar-refractivity contribution in [2.75, 3.05) is 0 Å². The standard InChI is InChI=1S/C13H8Cl2O2/c14-10-7-6-9(13(16)17)11(12(10)15)8-4-2-1-3-5-8/h1-7H,(H,16,17). The fourth-order valence-corrected chi connectivity index (χ4v) is 2.05. The largest absolute Gasteiger partial charge is 0.478 e. The molecule has 0 aliphatic heterocycles. The second-order valence-electron chi connectivity index (χ2n) is 3.46. The van der Waals surface area contributed by atoms with Gasteiger partial charge in [-0.25, -0.2) is 4.79 Å². The number of carboxylic acid groups (broad SMARTS) is 1. The molecular weight excluding hydrogens is 259 g/mol. The molecule has 4 heteroatoms. The molecule has 1 N–H and O–H groups in total. The van der Waals surface area contributed by atoms with Crippen LogP contribution in [0.1, 0.15) is 10.4 Å². The summed E-state index contributed by atoms with van der Waals surface area (Å²) in [6.07, 6.45) is 0. The summed E-state index contributed by atoms with van der Waals surface area (Å²) in [6, 6.07) is 12.0. The van der Waals surface area contributed by atoms with E-state index in [-0.39, 0.29) is 10.6 Å². The molecule has 0 heterocycles. The van der Waals surface area contributed by atoms with Crippen LogP contribution in [0.3, 0.4) is 0 Å². The van der Waals surface area contributed by atoms with Crippen LogP contribution < -0.4 is 0 Å². The second kappa shape index (κ2) is 4.78. The fourth-order valence-electron chi connectivity index (χ4n) is 1.62. The summed E-state index contributed by atoms with van der Waals surface area (Å²) in [5.41, 5.74) is 1.33. The summed E-state index contributed by atoms with van der Waals surface area (Å²) in [5.74, 6) is -1.03. The van der Waals surface area contributed by atoms with Gasteiger partial charge in [-0.15, -0.1) is 0 Å². The van der Waals surface area contributed by atoms with E-state index in [9.17, 15) is 4.79 Å². The first-order valence-corrected chi connectivity index (χ1v) is 5.63. The van der Waals surface area contributed by atoms with Gasteiger partial charge in [0.15, 0.2) is 0 Å². The molecule has 2 aromatic carbocycles. The van der Waals surface area contributed by atoms with Crippen molar-refractivity contribution in [1.82, 2.24) is 0 Å². The molecule has 0 atom stereocenters. The number of carbonyl (C=O) groups is 1. The zero-order valence-corrected chi connectivity index (χ0v) is 10.2. The average Bonchev–Trinajstić information content (AvgIpc) is 2.33. The third kappa shape index (κ3) is 2.28. The Hall–Kier alpha value is -1.51. The molecule has 0 aliphatic carbocycles.